The van der Waals surface area contributed by atoms with E-state index in [4.69, 9.17) is 4.74 Å². The third kappa shape index (κ3) is 4.56. The highest BCUT2D eigenvalue weighted by atomic mass is 19.1. The van der Waals surface area contributed by atoms with E-state index in [-0.39, 0.29) is 17.6 Å². The van der Waals surface area contributed by atoms with Gasteiger partial charge in [-0.1, -0.05) is 36.4 Å². The van der Waals surface area contributed by atoms with Crippen molar-refractivity contribution in [3.05, 3.63) is 95.4 Å². The summed E-state index contributed by atoms with van der Waals surface area (Å²) >= 11 is 0. The van der Waals surface area contributed by atoms with E-state index >= 15 is 0 Å². The number of carbonyl (C=O) groups excluding carboxylic acids is 2. The van der Waals surface area contributed by atoms with Crippen molar-refractivity contribution in [1.82, 2.24) is 14.8 Å². The van der Waals surface area contributed by atoms with Crippen molar-refractivity contribution in [2.24, 2.45) is 0 Å². The standard InChI is InChI=1S/C28H29FN4O3/c1-36-19-18-33-26(20-9-11-21(29)12-10-20)25(22-6-2-3-7-23(22)27(33)34)28(35)32-16-14-31(15-17-32)24-8-4-5-13-30-24/h2-13,25-26H,14-19H2,1H3/t25-,26+/m1/s1. The topological polar surface area (TPSA) is 66.0 Å². The van der Waals surface area contributed by atoms with Crippen molar-refractivity contribution in [1.29, 1.82) is 0 Å². The Morgan fingerprint density at radius 1 is 1.00 bits per heavy atom. The summed E-state index contributed by atoms with van der Waals surface area (Å²) in [6.07, 6.45) is 1.77. The fourth-order valence-electron chi connectivity index (χ4n) is 5.22. The third-order valence-corrected chi connectivity index (χ3v) is 7.02. The van der Waals surface area contributed by atoms with Gasteiger partial charge in [-0.3, -0.25) is 9.59 Å². The molecule has 3 heterocycles. The summed E-state index contributed by atoms with van der Waals surface area (Å²) in [5, 5.41) is 0. The van der Waals surface area contributed by atoms with E-state index in [1.807, 2.05) is 41.3 Å². The van der Waals surface area contributed by atoms with E-state index in [2.05, 4.69) is 9.88 Å². The Balaban J connectivity index is 1.50. The Kier molecular flexibility index (Phi) is 6.95. The number of ether oxygens (including phenoxy) is 1. The van der Waals surface area contributed by atoms with Crippen LogP contribution in [0, 0.1) is 5.82 Å². The summed E-state index contributed by atoms with van der Waals surface area (Å²) in [6, 6.07) is 18.7. The summed E-state index contributed by atoms with van der Waals surface area (Å²) in [7, 11) is 1.58. The van der Waals surface area contributed by atoms with Gasteiger partial charge in [-0.2, -0.15) is 0 Å². The van der Waals surface area contributed by atoms with Crippen LogP contribution in [0.1, 0.15) is 33.4 Å². The van der Waals surface area contributed by atoms with Crippen molar-refractivity contribution in [2.75, 3.05) is 51.3 Å². The van der Waals surface area contributed by atoms with Gasteiger partial charge in [0.2, 0.25) is 5.91 Å². The number of halogens is 1. The van der Waals surface area contributed by atoms with Crippen molar-refractivity contribution in [3.63, 3.8) is 0 Å². The normalized spacial score (nSPS) is 19.8. The highest BCUT2D eigenvalue weighted by Crippen LogP contribution is 2.43. The van der Waals surface area contributed by atoms with Gasteiger partial charge in [0.25, 0.3) is 5.91 Å². The maximum atomic E-state index is 14.2. The first kappa shape index (κ1) is 23.9. The minimum Gasteiger partial charge on any atom is -0.383 e. The fraction of sp³-hybridized carbons (Fsp3) is 0.321. The molecule has 1 aromatic heterocycles. The number of methoxy groups -OCH3 is 1. The number of aromatic nitrogens is 1. The molecular formula is C28H29FN4O3. The van der Waals surface area contributed by atoms with Crippen LogP contribution in [0.4, 0.5) is 10.2 Å². The molecule has 0 N–H and O–H groups in total. The molecule has 0 saturated carbocycles. The molecule has 7 nitrogen and oxygen atoms in total. The molecule has 3 aromatic rings. The molecule has 2 aliphatic heterocycles. The summed E-state index contributed by atoms with van der Waals surface area (Å²) < 4.78 is 19.1. The lowest BCUT2D eigenvalue weighted by Crippen LogP contribution is -2.54. The van der Waals surface area contributed by atoms with Crippen LogP contribution in [0.15, 0.2) is 72.9 Å². The lowest BCUT2D eigenvalue weighted by atomic mass is 9.78. The second-order valence-corrected chi connectivity index (χ2v) is 9.05. The van der Waals surface area contributed by atoms with E-state index in [0.717, 1.165) is 11.4 Å². The van der Waals surface area contributed by atoms with Gasteiger partial charge in [0.15, 0.2) is 0 Å². The molecule has 2 atom stereocenters. The molecule has 0 radical (unpaired) electrons. The molecule has 2 amide bonds. The molecule has 2 aromatic carbocycles. The number of piperazine rings is 1. The number of nitrogens with zero attached hydrogens (tertiary/aromatic N) is 4. The third-order valence-electron chi connectivity index (χ3n) is 7.02. The average molecular weight is 489 g/mol. The molecule has 0 unspecified atom stereocenters. The molecule has 1 fully saturated rings. The van der Waals surface area contributed by atoms with Gasteiger partial charge in [0, 0.05) is 51.6 Å². The number of pyridine rings is 1. The summed E-state index contributed by atoms with van der Waals surface area (Å²) in [4.78, 5) is 37.9. The molecule has 0 aliphatic carbocycles. The van der Waals surface area contributed by atoms with Gasteiger partial charge in [-0.25, -0.2) is 9.37 Å². The lowest BCUT2D eigenvalue weighted by molar-refractivity contribution is -0.135. The van der Waals surface area contributed by atoms with E-state index in [0.29, 0.717) is 50.5 Å². The predicted molar refractivity (Wildman–Crippen MR) is 134 cm³/mol. The van der Waals surface area contributed by atoms with Crippen LogP contribution in [0.3, 0.4) is 0 Å². The van der Waals surface area contributed by atoms with Crippen molar-refractivity contribution in [3.8, 4) is 0 Å². The summed E-state index contributed by atoms with van der Waals surface area (Å²) in [5.41, 5.74) is 1.96. The molecule has 8 heteroatoms. The maximum Gasteiger partial charge on any atom is 0.254 e. The zero-order valence-corrected chi connectivity index (χ0v) is 20.2. The Morgan fingerprint density at radius 2 is 1.72 bits per heavy atom. The number of rotatable bonds is 6. The SMILES string of the molecule is COCCN1C(=O)c2ccccc2[C@@H](C(=O)N2CCN(c3ccccn3)CC2)[C@@H]1c1ccc(F)cc1. The minimum absolute atomic E-state index is 0.0348. The number of carbonyl (C=O) groups is 2. The maximum absolute atomic E-state index is 14.2. The summed E-state index contributed by atoms with van der Waals surface area (Å²) in [5.74, 6) is -0.262. The van der Waals surface area contributed by atoms with Gasteiger partial charge in [0.05, 0.1) is 18.6 Å². The van der Waals surface area contributed by atoms with Crippen LogP contribution >= 0.6 is 0 Å². The molecule has 2 aliphatic rings. The first-order valence-electron chi connectivity index (χ1n) is 12.2. The molecule has 186 valence electrons. The van der Waals surface area contributed by atoms with Gasteiger partial charge in [-0.15, -0.1) is 0 Å². The number of anilines is 1. The average Bonchev–Trinajstić information content (AvgIpc) is 2.93. The first-order valence-corrected chi connectivity index (χ1v) is 12.2. The van der Waals surface area contributed by atoms with E-state index in [9.17, 15) is 14.0 Å². The van der Waals surface area contributed by atoms with E-state index < -0.39 is 12.0 Å². The largest absolute Gasteiger partial charge is 0.383 e. The molecular weight excluding hydrogens is 459 g/mol. The second kappa shape index (κ2) is 10.5. The quantitative estimate of drug-likeness (QED) is 0.532. The van der Waals surface area contributed by atoms with Crippen LogP contribution < -0.4 is 4.90 Å². The van der Waals surface area contributed by atoms with Gasteiger partial charge >= 0.3 is 0 Å². The van der Waals surface area contributed by atoms with Crippen molar-refractivity contribution < 1.29 is 18.7 Å². The first-order chi connectivity index (χ1) is 17.6. The predicted octanol–water partition coefficient (Wildman–Crippen LogP) is 3.50. The zero-order chi connectivity index (χ0) is 25.1. The minimum atomic E-state index is -0.609. The molecule has 0 spiro atoms. The molecule has 0 bridgehead atoms. The van der Waals surface area contributed by atoms with Crippen molar-refractivity contribution >= 4 is 17.6 Å². The van der Waals surface area contributed by atoms with E-state index in [1.54, 1.807) is 36.4 Å². The van der Waals surface area contributed by atoms with Crippen molar-refractivity contribution in [2.45, 2.75) is 12.0 Å². The fourth-order valence-corrected chi connectivity index (χ4v) is 5.22. The highest BCUT2D eigenvalue weighted by Gasteiger charge is 2.45. The second-order valence-electron chi connectivity index (χ2n) is 9.05. The van der Waals surface area contributed by atoms with Crippen LogP contribution in [0.2, 0.25) is 0 Å². The van der Waals surface area contributed by atoms with Gasteiger partial charge in [-0.05, 0) is 41.5 Å². The monoisotopic (exact) mass is 488 g/mol. The Hall–Kier alpha value is -3.78. The number of benzene rings is 2. The van der Waals surface area contributed by atoms with Crippen LogP contribution in [0.25, 0.3) is 0 Å². The van der Waals surface area contributed by atoms with E-state index in [1.165, 1.54) is 12.1 Å². The molecule has 36 heavy (non-hydrogen) atoms. The summed E-state index contributed by atoms with van der Waals surface area (Å²) in [6.45, 7) is 3.10. The van der Waals surface area contributed by atoms with Crippen LogP contribution in [-0.2, 0) is 9.53 Å². The molecule has 5 rings (SSSR count). The smallest absolute Gasteiger partial charge is 0.254 e. The van der Waals surface area contributed by atoms with Gasteiger partial charge < -0.3 is 19.4 Å². The van der Waals surface area contributed by atoms with Crippen LogP contribution in [-0.4, -0.2) is 73.0 Å². The van der Waals surface area contributed by atoms with Crippen LogP contribution in [0.5, 0.6) is 0 Å². The Morgan fingerprint density at radius 3 is 2.42 bits per heavy atom. The zero-order valence-electron chi connectivity index (χ0n) is 20.2. The number of hydrogen-bond acceptors (Lipinski definition) is 5. The highest BCUT2D eigenvalue weighted by molar-refractivity contribution is 6.01. The number of hydrogen-bond donors (Lipinski definition) is 0. The number of fused-ring (bicyclic) bond motifs is 1. The Labute approximate surface area is 210 Å². The lowest BCUT2D eigenvalue weighted by Gasteiger charge is -2.44. The molecule has 1 saturated heterocycles. The Bertz CT molecular complexity index is 1210. The van der Waals surface area contributed by atoms with Gasteiger partial charge in [0.1, 0.15) is 11.6 Å². The number of amides is 2.